The van der Waals surface area contributed by atoms with Gasteiger partial charge < -0.3 is 10.2 Å². The van der Waals surface area contributed by atoms with Gasteiger partial charge in [-0.15, -0.1) is 0 Å². The number of nitrogens with one attached hydrogen (secondary N) is 1. The molecule has 0 bridgehead atoms. The minimum absolute atomic E-state index is 0.0887. The highest BCUT2D eigenvalue weighted by Gasteiger charge is 2.34. The molecular formula is C38H45N3O4S. The highest BCUT2D eigenvalue weighted by Crippen LogP contribution is 2.27. The number of rotatable bonds is 14. The number of hydrogen-bond donors (Lipinski definition) is 1. The Balaban J connectivity index is 1.81. The molecule has 0 spiro atoms. The minimum atomic E-state index is -4.15. The number of nitrogens with zero attached hydrogens (tertiary/aromatic N) is 2. The standard InChI is InChI=1S/C38H45N3O4S/c1-6-24-39-38(43)36(25-31-13-8-7-9-14-31)40(26-33-15-11-10-12-30(33)5)37(42)27-41(34-20-18-32(19-21-34)28(2)3)46(44,45)35-22-16-29(4)17-23-35/h7-23,28,36H,6,24-27H2,1-5H3,(H,39,43). The topological polar surface area (TPSA) is 86.8 Å². The van der Waals surface area contributed by atoms with Gasteiger partial charge in [-0.05, 0) is 72.7 Å². The van der Waals surface area contributed by atoms with E-state index in [-0.39, 0.29) is 29.7 Å². The van der Waals surface area contributed by atoms with Crippen LogP contribution in [0.2, 0.25) is 0 Å². The van der Waals surface area contributed by atoms with Gasteiger partial charge in [0.25, 0.3) is 10.0 Å². The Labute approximate surface area is 274 Å². The Morgan fingerprint density at radius 2 is 1.43 bits per heavy atom. The molecule has 0 aliphatic carbocycles. The SMILES string of the molecule is CCCNC(=O)C(Cc1ccccc1)N(Cc1ccccc1C)C(=O)CN(c1ccc(C(C)C)cc1)S(=O)(=O)c1ccc(C)cc1. The van der Waals surface area contributed by atoms with Crippen LogP contribution in [0.3, 0.4) is 0 Å². The zero-order valence-electron chi connectivity index (χ0n) is 27.4. The van der Waals surface area contributed by atoms with Crippen molar-refractivity contribution in [1.29, 1.82) is 0 Å². The van der Waals surface area contributed by atoms with Crippen LogP contribution in [0, 0.1) is 13.8 Å². The van der Waals surface area contributed by atoms with Crippen molar-refractivity contribution in [3.63, 3.8) is 0 Å². The quantitative estimate of drug-likeness (QED) is 0.165. The average Bonchev–Trinajstić information content (AvgIpc) is 3.05. The summed E-state index contributed by atoms with van der Waals surface area (Å²) in [6.45, 7) is 10.1. The Morgan fingerprint density at radius 3 is 2.04 bits per heavy atom. The second kappa shape index (κ2) is 15.7. The molecule has 1 unspecified atom stereocenters. The van der Waals surface area contributed by atoms with Gasteiger partial charge in [0, 0.05) is 19.5 Å². The molecule has 0 saturated heterocycles. The maximum Gasteiger partial charge on any atom is 0.264 e. The van der Waals surface area contributed by atoms with E-state index in [1.54, 1.807) is 41.3 Å². The monoisotopic (exact) mass is 639 g/mol. The fourth-order valence-corrected chi connectivity index (χ4v) is 6.70. The first-order valence-electron chi connectivity index (χ1n) is 15.9. The number of benzene rings is 4. The maximum absolute atomic E-state index is 14.6. The predicted octanol–water partition coefficient (Wildman–Crippen LogP) is 6.79. The third-order valence-corrected chi connectivity index (χ3v) is 9.95. The van der Waals surface area contributed by atoms with Crippen molar-refractivity contribution >= 4 is 27.5 Å². The molecule has 242 valence electrons. The van der Waals surface area contributed by atoms with Gasteiger partial charge in [0.2, 0.25) is 11.8 Å². The highest BCUT2D eigenvalue weighted by molar-refractivity contribution is 7.92. The Hall–Kier alpha value is -4.43. The number of sulfonamides is 1. The molecule has 4 aromatic rings. The number of hydrogen-bond acceptors (Lipinski definition) is 4. The van der Waals surface area contributed by atoms with E-state index in [9.17, 15) is 18.0 Å². The zero-order chi connectivity index (χ0) is 33.3. The van der Waals surface area contributed by atoms with E-state index >= 15 is 0 Å². The van der Waals surface area contributed by atoms with Crippen molar-refractivity contribution < 1.29 is 18.0 Å². The molecule has 0 heterocycles. The second-order valence-corrected chi connectivity index (χ2v) is 13.9. The number of carbonyl (C=O) groups excluding carboxylic acids is 2. The van der Waals surface area contributed by atoms with Crippen molar-refractivity contribution in [2.45, 2.75) is 70.9 Å². The summed E-state index contributed by atoms with van der Waals surface area (Å²) in [6, 6.07) is 30.3. The van der Waals surface area contributed by atoms with Crippen LogP contribution in [-0.4, -0.2) is 44.3 Å². The number of carbonyl (C=O) groups is 2. The van der Waals surface area contributed by atoms with Crippen molar-refractivity contribution in [2.75, 3.05) is 17.4 Å². The van der Waals surface area contributed by atoms with Crippen molar-refractivity contribution in [3.8, 4) is 0 Å². The van der Waals surface area contributed by atoms with E-state index < -0.39 is 28.5 Å². The van der Waals surface area contributed by atoms with Crippen LogP contribution in [0.1, 0.15) is 60.9 Å². The van der Waals surface area contributed by atoms with Crippen LogP contribution in [0.25, 0.3) is 0 Å². The van der Waals surface area contributed by atoms with Crippen molar-refractivity contribution in [3.05, 3.63) is 131 Å². The molecule has 0 radical (unpaired) electrons. The van der Waals surface area contributed by atoms with Crippen molar-refractivity contribution in [1.82, 2.24) is 10.2 Å². The summed E-state index contributed by atoms with van der Waals surface area (Å²) >= 11 is 0. The molecular weight excluding hydrogens is 595 g/mol. The van der Waals surface area contributed by atoms with E-state index in [2.05, 4.69) is 19.2 Å². The first-order valence-corrected chi connectivity index (χ1v) is 17.3. The summed E-state index contributed by atoms with van der Waals surface area (Å²) in [6.07, 6.45) is 1.02. The lowest BCUT2D eigenvalue weighted by Crippen LogP contribution is -2.53. The lowest BCUT2D eigenvalue weighted by atomic mass is 10.0. The minimum Gasteiger partial charge on any atom is -0.354 e. The van der Waals surface area contributed by atoms with Gasteiger partial charge in [0.1, 0.15) is 12.6 Å². The predicted molar refractivity (Wildman–Crippen MR) is 185 cm³/mol. The molecule has 0 aliphatic rings. The van der Waals surface area contributed by atoms with Gasteiger partial charge >= 0.3 is 0 Å². The van der Waals surface area contributed by atoms with Crippen molar-refractivity contribution in [2.24, 2.45) is 0 Å². The molecule has 0 aromatic heterocycles. The Morgan fingerprint density at radius 1 is 0.804 bits per heavy atom. The van der Waals surface area contributed by atoms with Gasteiger partial charge in [-0.3, -0.25) is 13.9 Å². The summed E-state index contributed by atoms with van der Waals surface area (Å²) in [7, 11) is -4.15. The molecule has 8 heteroatoms. The third kappa shape index (κ3) is 8.63. The van der Waals surface area contributed by atoms with Gasteiger partial charge in [-0.1, -0.05) is 105 Å². The molecule has 4 aromatic carbocycles. The van der Waals surface area contributed by atoms with Crippen LogP contribution in [0.4, 0.5) is 5.69 Å². The molecule has 46 heavy (non-hydrogen) atoms. The van der Waals surface area contributed by atoms with E-state index in [0.717, 1.165) is 34.2 Å². The zero-order valence-corrected chi connectivity index (χ0v) is 28.3. The maximum atomic E-state index is 14.6. The molecule has 2 amide bonds. The summed E-state index contributed by atoms with van der Waals surface area (Å²) < 4.78 is 29.7. The molecule has 0 fully saturated rings. The second-order valence-electron chi connectivity index (χ2n) is 12.0. The molecule has 0 aliphatic heterocycles. The van der Waals surface area contributed by atoms with E-state index in [4.69, 9.17) is 0 Å². The lowest BCUT2D eigenvalue weighted by molar-refractivity contribution is -0.140. The van der Waals surface area contributed by atoms with Gasteiger partial charge in [-0.2, -0.15) is 0 Å². The van der Waals surface area contributed by atoms with Gasteiger partial charge in [0.05, 0.1) is 10.6 Å². The van der Waals surface area contributed by atoms with Crippen LogP contribution in [0.15, 0.2) is 108 Å². The molecule has 1 atom stereocenters. The number of amides is 2. The highest BCUT2D eigenvalue weighted by atomic mass is 32.2. The van der Waals surface area contributed by atoms with E-state index in [1.165, 1.54) is 4.31 Å². The van der Waals surface area contributed by atoms with Crippen LogP contribution >= 0.6 is 0 Å². The number of aryl methyl sites for hydroxylation is 2. The van der Waals surface area contributed by atoms with Gasteiger partial charge in [-0.25, -0.2) is 8.42 Å². The normalized spacial score (nSPS) is 12.0. The molecule has 7 nitrogen and oxygen atoms in total. The van der Waals surface area contributed by atoms with Crippen LogP contribution < -0.4 is 9.62 Å². The largest absolute Gasteiger partial charge is 0.354 e. The van der Waals surface area contributed by atoms with Gasteiger partial charge in [0.15, 0.2) is 0 Å². The summed E-state index contributed by atoms with van der Waals surface area (Å²) in [5, 5.41) is 2.99. The summed E-state index contributed by atoms with van der Waals surface area (Å²) in [5.41, 5.74) is 5.11. The smallest absolute Gasteiger partial charge is 0.264 e. The lowest BCUT2D eigenvalue weighted by Gasteiger charge is -2.34. The fourth-order valence-electron chi connectivity index (χ4n) is 5.28. The first-order chi connectivity index (χ1) is 22.0. The average molecular weight is 640 g/mol. The molecule has 1 N–H and O–H groups in total. The number of anilines is 1. The Bertz CT molecular complexity index is 1700. The van der Waals surface area contributed by atoms with Crippen LogP contribution in [-0.2, 0) is 32.6 Å². The van der Waals surface area contributed by atoms with E-state index in [0.29, 0.717) is 12.2 Å². The fraction of sp³-hybridized carbons (Fsp3) is 0.316. The van der Waals surface area contributed by atoms with Crippen LogP contribution in [0.5, 0.6) is 0 Å². The molecule has 0 saturated carbocycles. The van der Waals surface area contributed by atoms with E-state index in [1.807, 2.05) is 87.5 Å². The Kier molecular flexibility index (Phi) is 11.8. The molecule has 4 rings (SSSR count). The first kappa shape index (κ1) is 34.4. The summed E-state index contributed by atoms with van der Waals surface area (Å²) in [4.78, 5) is 30.0. The summed E-state index contributed by atoms with van der Waals surface area (Å²) in [5.74, 6) is -0.496. The third-order valence-electron chi connectivity index (χ3n) is 8.16.